The maximum Gasteiger partial charge on any atom is 0.354 e. The predicted octanol–water partition coefficient (Wildman–Crippen LogP) is -1.49. The SMILES string of the molecule is NC(=O)NCCNC(=O)c1nc[nH]c1C(=O)O. The average molecular weight is 241 g/mol. The molecular formula is C8H11N5O4. The molecule has 9 nitrogen and oxygen atoms in total. The number of aromatic carboxylic acids is 1. The van der Waals surface area contributed by atoms with Gasteiger partial charge in [-0.3, -0.25) is 4.79 Å². The molecule has 1 heterocycles. The highest BCUT2D eigenvalue weighted by molar-refractivity contribution is 6.02. The van der Waals surface area contributed by atoms with Gasteiger partial charge in [0, 0.05) is 13.1 Å². The summed E-state index contributed by atoms with van der Waals surface area (Å²) in [5, 5.41) is 13.4. The van der Waals surface area contributed by atoms with Crippen molar-refractivity contribution in [3.8, 4) is 0 Å². The van der Waals surface area contributed by atoms with Crippen LogP contribution in [0.5, 0.6) is 0 Å². The van der Waals surface area contributed by atoms with Crippen molar-refractivity contribution in [2.45, 2.75) is 0 Å². The van der Waals surface area contributed by atoms with Crippen LogP contribution in [0.15, 0.2) is 6.33 Å². The van der Waals surface area contributed by atoms with Gasteiger partial charge in [-0.25, -0.2) is 14.6 Å². The van der Waals surface area contributed by atoms with Crippen molar-refractivity contribution in [1.29, 1.82) is 0 Å². The van der Waals surface area contributed by atoms with Crippen molar-refractivity contribution in [1.82, 2.24) is 20.6 Å². The lowest BCUT2D eigenvalue weighted by Crippen LogP contribution is -2.37. The minimum absolute atomic E-state index is 0.119. The fourth-order valence-corrected chi connectivity index (χ4v) is 1.07. The molecule has 0 radical (unpaired) electrons. The first-order valence-corrected chi connectivity index (χ1v) is 4.60. The van der Waals surface area contributed by atoms with E-state index in [0.717, 1.165) is 6.33 Å². The summed E-state index contributed by atoms with van der Waals surface area (Å²) in [5.74, 6) is -1.92. The number of H-pyrrole nitrogens is 1. The van der Waals surface area contributed by atoms with Crippen molar-refractivity contribution in [2.24, 2.45) is 5.73 Å². The Hall–Kier alpha value is -2.58. The normalized spacial score (nSPS) is 9.65. The number of nitrogens with one attached hydrogen (secondary N) is 3. The Kier molecular flexibility index (Phi) is 4.03. The highest BCUT2D eigenvalue weighted by Crippen LogP contribution is 2.01. The minimum atomic E-state index is -1.28. The lowest BCUT2D eigenvalue weighted by molar-refractivity contribution is 0.0685. The Balaban J connectivity index is 2.50. The Morgan fingerprint density at radius 1 is 1.35 bits per heavy atom. The summed E-state index contributed by atoms with van der Waals surface area (Å²) in [6.45, 7) is 0.265. The van der Waals surface area contributed by atoms with E-state index in [1.165, 1.54) is 0 Å². The average Bonchev–Trinajstić information content (AvgIpc) is 2.72. The summed E-state index contributed by atoms with van der Waals surface area (Å²) in [6, 6.07) is -0.703. The molecule has 0 saturated carbocycles. The van der Waals surface area contributed by atoms with E-state index < -0.39 is 17.9 Å². The van der Waals surface area contributed by atoms with Gasteiger partial charge in [0.2, 0.25) is 0 Å². The van der Waals surface area contributed by atoms with Crippen LogP contribution in [0.4, 0.5) is 4.79 Å². The van der Waals surface area contributed by atoms with E-state index in [1.54, 1.807) is 0 Å². The smallest absolute Gasteiger partial charge is 0.354 e. The van der Waals surface area contributed by atoms with Gasteiger partial charge >= 0.3 is 12.0 Å². The van der Waals surface area contributed by atoms with E-state index in [2.05, 4.69) is 20.6 Å². The molecule has 92 valence electrons. The maximum absolute atomic E-state index is 11.5. The molecule has 0 unspecified atom stereocenters. The second kappa shape index (κ2) is 5.49. The third-order valence-corrected chi connectivity index (χ3v) is 1.78. The molecule has 6 N–H and O–H groups in total. The lowest BCUT2D eigenvalue weighted by atomic mass is 10.3. The quantitative estimate of drug-likeness (QED) is 0.398. The third-order valence-electron chi connectivity index (χ3n) is 1.78. The fraction of sp³-hybridized carbons (Fsp3) is 0.250. The first kappa shape index (κ1) is 12.5. The van der Waals surface area contributed by atoms with Crippen LogP contribution < -0.4 is 16.4 Å². The van der Waals surface area contributed by atoms with E-state index in [0.29, 0.717) is 0 Å². The Bertz CT molecular complexity index is 441. The highest BCUT2D eigenvalue weighted by Gasteiger charge is 2.18. The molecule has 3 amide bonds. The van der Waals surface area contributed by atoms with Crippen LogP contribution in [0.1, 0.15) is 21.0 Å². The van der Waals surface area contributed by atoms with Crippen LogP contribution in [0.3, 0.4) is 0 Å². The van der Waals surface area contributed by atoms with Crippen molar-refractivity contribution in [2.75, 3.05) is 13.1 Å². The maximum atomic E-state index is 11.5. The minimum Gasteiger partial charge on any atom is -0.477 e. The van der Waals surface area contributed by atoms with Crippen LogP contribution in [0, 0.1) is 0 Å². The van der Waals surface area contributed by atoms with Gasteiger partial charge in [-0.15, -0.1) is 0 Å². The molecule has 17 heavy (non-hydrogen) atoms. The fourth-order valence-electron chi connectivity index (χ4n) is 1.07. The number of hydrogen-bond acceptors (Lipinski definition) is 4. The zero-order valence-electron chi connectivity index (χ0n) is 8.69. The molecule has 9 heteroatoms. The number of rotatable bonds is 5. The number of aromatic amines is 1. The van der Waals surface area contributed by atoms with Crippen molar-refractivity contribution < 1.29 is 19.5 Å². The number of nitrogens with zero attached hydrogens (tertiary/aromatic N) is 1. The standard InChI is InChI=1S/C8H11N5O4/c9-8(17)11-2-1-10-6(14)4-5(7(15)16)13-3-12-4/h3H,1-2H2,(H,10,14)(H,12,13)(H,15,16)(H3,9,11,17). The number of hydrogen-bond donors (Lipinski definition) is 5. The predicted molar refractivity (Wildman–Crippen MR) is 55.5 cm³/mol. The Labute approximate surface area is 95.4 Å². The number of carboxylic acids is 1. The number of imidazole rings is 1. The molecule has 1 aromatic heterocycles. The van der Waals surface area contributed by atoms with Crippen LogP contribution in [0.2, 0.25) is 0 Å². The van der Waals surface area contributed by atoms with Gasteiger partial charge in [0.15, 0.2) is 11.4 Å². The molecule has 0 aliphatic heterocycles. The number of urea groups is 1. The van der Waals surface area contributed by atoms with Crippen LogP contribution in [-0.4, -0.2) is 46.1 Å². The summed E-state index contributed by atoms with van der Waals surface area (Å²) in [7, 11) is 0. The van der Waals surface area contributed by atoms with E-state index in [9.17, 15) is 14.4 Å². The number of carbonyl (C=O) groups excluding carboxylic acids is 2. The van der Waals surface area contributed by atoms with Gasteiger partial charge in [0.1, 0.15) is 0 Å². The summed E-state index contributed by atoms with van der Waals surface area (Å²) < 4.78 is 0. The van der Waals surface area contributed by atoms with Gasteiger partial charge in [-0.2, -0.15) is 0 Å². The second-order valence-electron chi connectivity index (χ2n) is 2.98. The molecule has 1 rings (SSSR count). The third kappa shape index (κ3) is 3.48. The number of aromatic nitrogens is 2. The highest BCUT2D eigenvalue weighted by atomic mass is 16.4. The molecule has 0 aliphatic carbocycles. The summed E-state index contributed by atoms with van der Waals surface area (Å²) in [4.78, 5) is 38.4. The van der Waals surface area contributed by atoms with E-state index in [-0.39, 0.29) is 24.5 Å². The molecule has 1 aromatic rings. The van der Waals surface area contributed by atoms with Gasteiger partial charge in [0.25, 0.3) is 5.91 Å². The molecule has 0 saturated heterocycles. The van der Waals surface area contributed by atoms with Crippen molar-refractivity contribution >= 4 is 17.9 Å². The number of carbonyl (C=O) groups is 3. The number of carboxylic acid groups (broad SMARTS) is 1. The summed E-state index contributed by atoms with van der Waals surface area (Å²) in [6.07, 6.45) is 1.11. The molecule has 0 aromatic carbocycles. The van der Waals surface area contributed by atoms with Gasteiger partial charge in [-0.1, -0.05) is 0 Å². The Morgan fingerprint density at radius 2 is 2.00 bits per heavy atom. The zero-order chi connectivity index (χ0) is 12.8. The largest absolute Gasteiger partial charge is 0.477 e. The molecule has 0 bridgehead atoms. The van der Waals surface area contributed by atoms with E-state index in [1.807, 2.05) is 0 Å². The molecule has 0 atom stereocenters. The number of amides is 3. The first-order chi connectivity index (χ1) is 8.02. The van der Waals surface area contributed by atoms with E-state index >= 15 is 0 Å². The van der Waals surface area contributed by atoms with E-state index in [4.69, 9.17) is 10.8 Å². The summed E-state index contributed by atoms with van der Waals surface area (Å²) >= 11 is 0. The lowest BCUT2D eigenvalue weighted by Gasteiger charge is -2.04. The topological polar surface area (TPSA) is 150 Å². The molecule has 0 fully saturated rings. The van der Waals surface area contributed by atoms with Gasteiger partial charge in [-0.05, 0) is 0 Å². The molecule has 0 aliphatic rings. The van der Waals surface area contributed by atoms with Crippen LogP contribution >= 0.6 is 0 Å². The number of primary amides is 1. The second-order valence-corrected chi connectivity index (χ2v) is 2.98. The summed E-state index contributed by atoms with van der Waals surface area (Å²) in [5.41, 5.74) is 4.31. The molecular weight excluding hydrogens is 230 g/mol. The molecule has 0 spiro atoms. The first-order valence-electron chi connectivity index (χ1n) is 4.60. The number of nitrogens with two attached hydrogens (primary N) is 1. The van der Waals surface area contributed by atoms with Gasteiger partial charge in [0.05, 0.1) is 6.33 Å². The van der Waals surface area contributed by atoms with Crippen molar-refractivity contribution in [3.63, 3.8) is 0 Å². The van der Waals surface area contributed by atoms with Crippen molar-refractivity contribution in [3.05, 3.63) is 17.7 Å². The van der Waals surface area contributed by atoms with Gasteiger partial charge < -0.3 is 26.5 Å². The Morgan fingerprint density at radius 3 is 2.59 bits per heavy atom. The van der Waals surface area contributed by atoms with Crippen LogP contribution in [0.25, 0.3) is 0 Å². The monoisotopic (exact) mass is 241 g/mol. The van der Waals surface area contributed by atoms with Crippen LogP contribution in [-0.2, 0) is 0 Å². The zero-order valence-corrected chi connectivity index (χ0v) is 8.69.